The number of ether oxygens (including phenoxy) is 2. The summed E-state index contributed by atoms with van der Waals surface area (Å²) in [6, 6.07) is -0.107. The van der Waals surface area contributed by atoms with Gasteiger partial charge in [-0.15, -0.1) is 4.37 Å². The lowest BCUT2D eigenvalue weighted by atomic mass is 10.2. The van der Waals surface area contributed by atoms with E-state index < -0.39 is 64.5 Å². The number of hydrogen-bond donors (Lipinski definition) is 4. The Morgan fingerprint density at radius 2 is 1.97 bits per heavy atom. The molecule has 1 aromatic carbocycles. The summed E-state index contributed by atoms with van der Waals surface area (Å²) < 4.78 is 55.6. The molecule has 2 aromatic rings. The fraction of sp³-hybridized carbons (Fsp3) is 0.476. The van der Waals surface area contributed by atoms with E-state index in [1.54, 1.807) is 0 Å². The first-order chi connectivity index (χ1) is 17.2. The number of halogens is 4. The molecular formula is C21H25ClF3N5O5S. The van der Waals surface area contributed by atoms with Crippen LogP contribution < -0.4 is 25.8 Å². The first-order valence-corrected chi connectivity index (χ1v) is 12.2. The maximum atomic E-state index is 14.0. The van der Waals surface area contributed by atoms with Crippen molar-refractivity contribution in [2.45, 2.75) is 38.4 Å². The van der Waals surface area contributed by atoms with Crippen LogP contribution in [0.2, 0.25) is 5.02 Å². The molecule has 1 aliphatic rings. The van der Waals surface area contributed by atoms with E-state index in [0.29, 0.717) is 30.4 Å². The number of anilines is 1. The highest BCUT2D eigenvalue weighted by molar-refractivity contribution is 7.11. The van der Waals surface area contributed by atoms with E-state index in [9.17, 15) is 27.9 Å². The number of urea groups is 1. The van der Waals surface area contributed by atoms with Crippen molar-refractivity contribution in [3.05, 3.63) is 34.1 Å². The molecule has 0 spiro atoms. The van der Waals surface area contributed by atoms with Gasteiger partial charge in [-0.25, -0.2) is 22.8 Å². The Labute approximate surface area is 213 Å². The molecule has 0 saturated carbocycles. The number of amides is 3. The zero-order chi connectivity index (χ0) is 26.2. The quantitative estimate of drug-likeness (QED) is 0.247. The zero-order valence-electron chi connectivity index (χ0n) is 19.0. The van der Waals surface area contributed by atoms with E-state index >= 15 is 0 Å². The lowest BCUT2D eigenvalue weighted by Gasteiger charge is -2.17. The number of carbonyl (C=O) groups excluding carboxylic acids is 2. The third kappa shape index (κ3) is 7.59. The number of nitrogens with two attached hydrogens (primary N) is 1. The predicted octanol–water partition coefficient (Wildman–Crippen LogP) is 3.61. The maximum absolute atomic E-state index is 14.0. The zero-order valence-corrected chi connectivity index (χ0v) is 20.6. The molecule has 1 saturated heterocycles. The molecule has 1 unspecified atom stereocenters. The van der Waals surface area contributed by atoms with Crippen molar-refractivity contribution in [2.75, 3.05) is 31.5 Å². The maximum Gasteiger partial charge on any atom is 0.410 e. The SMILES string of the molecule is NC(=O)Oc1c(OCc2c(F)cc(Cl)c(F)c2F)nsc1NC(=O)NCCC(O)CCN1CCCC1. The Balaban J connectivity index is 1.55. The molecule has 3 amide bonds. The van der Waals surface area contributed by atoms with Gasteiger partial charge in [-0.1, -0.05) is 11.6 Å². The first-order valence-electron chi connectivity index (χ1n) is 11.0. The number of benzene rings is 1. The second kappa shape index (κ2) is 12.9. The van der Waals surface area contributed by atoms with E-state index in [-0.39, 0.29) is 11.5 Å². The Morgan fingerprint density at radius 1 is 1.25 bits per heavy atom. The summed E-state index contributed by atoms with van der Waals surface area (Å²) in [5.41, 5.74) is 4.28. The number of aliphatic hydroxyl groups is 1. The van der Waals surface area contributed by atoms with Crippen LogP contribution in [-0.2, 0) is 6.61 Å². The number of likely N-dealkylation sites (tertiary alicyclic amines) is 1. The third-order valence-electron chi connectivity index (χ3n) is 5.35. The standard InChI is InChI=1S/C21H25ClF3N5O5S/c22-13-9-14(23)12(15(24)16(13)25)10-34-18-17(35-20(26)32)19(36-29-18)28-21(33)27-5-3-11(31)4-8-30-6-1-2-7-30/h9,11,31H,1-8,10H2,(H2,26,32)(H2,27,28,33). The summed E-state index contributed by atoms with van der Waals surface area (Å²) in [4.78, 5) is 25.8. The molecule has 5 N–H and O–H groups in total. The average Bonchev–Trinajstić information content (AvgIpc) is 3.46. The molecule has 0 radical (unpaired) electrons. The highest BCUT2D eigenvalue weighted by Crippen LogP contribution is 2.39. The van der Waals surface area contributed by atoms with Crippen molar-refractivity contribution in [3.8, 4) is 11.6 Å². The number of nitrogens with one attached hydrogen (secondary N) is 2. The van der Waals surface area contributed by atoms with Gasteiger partial charge < -0.3 is 30.5 Å². The minimum atomic E-state index is -1.55. The van der Waals surface area contributed by atoms with Crippen LogP contribution in [-0.4, -0.2) is 58.8 Å². The van der Waals surface area contributed by atoms with Gasteiger partial charge in [0.25, 0.3) is 5.88 Å². The minimum absolute atomic E-state index is 0.0842. The van der Waals surface area contributed by atoms with Crippen molar-refractivity contribution in [1.29, 1.82) is 0 Å². The van der Waals surface area contributed by atoms with Crippen LogP contribution in [0, 0.1) is 17.5 Å². The molecular weight excluding hydrogens is 527 g/mol. The molecule has 3 rings (SSSR count). The second-order valence-corrected chi connectivity index (χ2v) is 9.14. The summed E-state index contributed by atoms with van der Waals surface area (Å²) in [6.07, 6.45) is 1.40. The molecule has 2 heterocycles. The fourth-order valence-electron chi connectivity index (χ4n) is 3.49. The third-order valence-corrected chi connectivity index (χ3v) is 6.35. The Bertz CT molecular complexity index is 1090. The molecule has 10 nitrogen and oxygen atoms in total. The van der Waals surface area contributed by atoms with E-state index in [4.69, 9.17) is 26.8 Å². The van der Waals surface area contributed by atoms with Crippen LogP contribution in [0.3, 0.4) is 0 Å². The average molecular weight is 552 g/mol. The van der Waals surface area contributed by atoms with Gasteiger partial charge in [-0.2, -0.15) is 0 Å². The summed E-state index contributed by atoms with van der Waals surface area (Å²) in [5.74, 6) is -4.98. The van der Waals surface area contributed by atoms with Gasteiger partial charge in [0.2, 0.25) is 5.75 Å². The smallest absolute Gasteiger partial charge is 0.410 e. The van der Waals surface area contributed by atoms with Gasteiger partial charge in [-0.05, 0) is 56.4 Å². The molecule has 36 heavy (non-hydrogen) atoms. The number of primary amides is 1. The topological polar surface area (TPSA) is 139 Å². The van der Waals surface area contributed by atoms with Crippen molar-refractivity contribution >= 4 is 40.3 Å². The highest BCUT2D eigenvalue weighted by Gasteiger charge is 2.24. The van der Waals surface area contributed by atoms with E-state index in [1.807, 2.05) is 0 Å². The highest BCUT2D eigenvalue weighted by atomic mass is 35.5. The first kappa shape index (κ1) is 27.8. The van der Waals surface area contributed by atoms with Gasteiger partial charge in [-0.3, -0.25) is 5.32 Å². The molecule has 198 valence electrons. The predicted molar refractivity (Wildman–Crippen MR) is 126 cm³/mol. The summed E-state index contributed by atoms with van der Waals surface area (Å²) in [7, 11) is 0. The summed E-state index contributed by atoms with van der Waals surface area (Å²) >= 11 is 6.04. The summed E-state index contributed by atoms with van der Waals surface area (Å²) in [5, 5.41) is 14.2. The fourth-order valence-corrected chi connectivity index (χ4v) is 4.33. The molecule has 0 aliphatic carbocycles. The number of aromatic nitrogens is 1. The van der Waals surface area contributed by atoms with Crippen LogP contribution in [0.5, 0.6) is 11.6 Å². The Kier molecular flexibility index (Phi) is 9.98. The summed E-state index contributed by atoms with van der Waals surface area (Å²) in [6.45, 7) is 2.20. The number of carbonyl (C=O) groups is 2. The van der Waals surface area contributed by atoms with E-state index in [2.05, 4.69) is 19.9 Å². The van der Waals surface area contributed by atoms with Crippen molar-refractivity contribution in [3.63, 3.8) is 0 Å². The van der Waals surface area contributed by atoms with Crippen molar-refractivity contribution in [1.82, 2.24) is 14.6 Å². The van der Waals surface area contributed by atoms with Crippen LogP contribution in [0.25, 0.3) is 0 Å². The van der Waals surface area contributed by atoms with Gasteiger partial charge in [0.05, 0.1) is 16.7 Å². The van der Waals surface area contributed by atoms with Crippen LogP contribution >= 0.6 is 23.1 Å². The molecule has 1 aromatic heterocycles. The van der Waals surface area contributed by atoms with Gasteiger partial charge in [0.15, 0.2) is 16.6 Å². The molecule has 1 aliphatic heterocycles. The number of rotatable bonds is 11. The molecule has 1 atom stereocenters. The molecule has 15 heteroatoms. The minimum Gasteiger partial charge on any atom is -0.469 e. The van der Waals surface area contributed by atoms with Crippen LogP contribution in [0.4, 0.5) is 27.8 Å². The lowest BCUT2D eigenvalue weighted by molar-refractivity contribution is 0.138. The Hall–Kier alpha value is -2.81. The lowest BCUT2D eigenvalue weighted by Crippen LogP contribution is -2.32. The van der Waals surface area contributed by atoms with Gasteiger partial charge in [0.1, 0.15) is 12.4 Å². The Morgan fingerprint density at radius 3 is 2.67 bits per heavy atom. The monoisotopic (exact) mass is 551 g/mol. The molecule has 0 bridgehead atoms. The largest absolute Gasteiger partial charge is 0.469 e. The number of aliphatic hydroxyl groups excluding tert-OH is 1. The van der Waals surface area contributed by atoms with Crippen LogP contribution in [0.1, 0.15) is 31.2 Å². The van der Waals surface area contributed by atoms with Crippen molar-refractivity contribution < 1.29 is 37.3 Å². The normalized spacial score (nSPS) is 14.5. The van der Waals surface area contributed by atoms with Gasteiger partial charge in [0, 0.05) is 13.1 Å². The van der Waals surface area contributed by atoms with Crippen molar-refractivity contribution in [2.24, 2.45) is 5.73 Å². The van der Waals surface area contributed by atoms with Gasteiger partial charge >= 0.3 is 12.1 Å². The number of nitrogens with zero attached hydrogens (tertiary/aromatic N) is 2. The molecule has 1 fully saturated rings. The van der Waals surface area contributed by atoms with E-state index in [1.165, 1.54) is 0 Å². The van der Waals surface area contributed by atoms with E-state index in [0.717, 1.165) is 32.5 Å². The van der Waals surface area contributed by atoms with Crippen LogP contribution in [0.15, 0.2) is 6.07 Å². The second-order valence-electron chi connectivity index (χ2n) is 7.96. The number of hydrogen-bond acceptors (Lipinski definition) is 8.